The molecule has 1 heterocycles. The van der Waals surface area contributed by atoms with E-state index in [4.69, 9.17) is 5.84 Å². The summed E-state index contributed by atoms with van der Waals surface area (Å²) in [6, 6.07) is 9.22. The van der Waals surface area contributed by atoms with Gasteiger partial charge in [-0.05, 0) is 12.1 Å². The minimum atomic E-state index is -0.356. The average Bonchev–Trinajstić information content (AvgIpc) is 2.37. The van der Waals surface area contributed by atoms with Crippen LogP contribution < -0.4 is 16.4 Å². The van der Waals surface area contributed by atoms with Crippen LogP contribution >= 0.6 is 0 Å². The summed E-state index contributed by atoms with van der Waals surface area (Å²) in [6.07, 6.45) is 0. The normalized spacial score (nSPS) is 11.4. The monoisotopic (exact) mass is 259 g/mol. The van der Waals surface area contributed by atoms with Gasteiger partial charge in [0.2, 0.25) is 5.95 Å². The molecule has 100 valence electrons. The molecule has 0 amide bonds. The minimum Gasteiger partial charge on any atom is -0.288 e. The highest BCUT2D eigenvalue weighted by molar-refractivity contribution is 5.54. The van der Waals surface area contributed by atoms with Crippen molar-refractivity contribution in [2.24, 2.45) is 5.84 Å². The van der Waals surface area contributed by atoms with Crippen molar-refractivity contribution in [1.82, 2.24) is 15.2 Å². The summed E-state index contributed by atoms with van der Waals surface area (Å²) in [7, 11) is 0. The molecule has 0 spiro atoms. The van der Waals surface area contributed by atoms with Crippen LogP contribution in [0.4, 0.5) is 11.6 Å². The molecule has 0 saturated carbocycles. The molecular formula is C13H17N5O. The third kappa shape index (κ3) is 2.79. The first-order chi connectivity index (χ1) is 8.89. The second-order valence-corrected chi connectivity index (χ2v) is 5.28. The van der Waals surface area contributed by atoms with Gasteiger partial charge in [0.25, 0.3) is 5.56 Å². The van der Waals surface area contributed by atoms with Gasteiger partial charge < -0.3 is 0 Å². The van der Waals surface area contributed by atoms with Gasteiger partial charge >= 0.3 is 0 Å². The van der Waals surface area contributed by atoms with Crippen molar-refractivity contribution in [2.75, 3.05) is 5.01 Å². The summed E-state index contributed by atoms with van der Waals surface area (Å²) in [4.78, 5) is 14.6. The number of nitrogens with two attached hydrogens (primary N) is 1. The van der Waals surface area contributed by atoms with E-state index in [9.17, 15) is 4.79 Å². The topological polar surface area (TPSA) is 87.9 Å². The van der Waals surface area contributed by atoms with Crippen molar-refractivity contribution in [3.8, 4) is 0 Å². The van der Waals surface area contributed by atoms with Crippen molar-refractivity contribution in [3.05, 3.63) is 46.4 Å². The fraction of sp³-hybridized carbons (Fsp3) is 0.308. The predicted octanol–water partition coefficient (Wildman–Crippen LogP) is 1.47. The zero-order chi connectivity index (χ0) is 14.0. The van der Waals surface area contributed by atoms with Crippen LogP contribution in [0.1, 0.15) is 26.5 Å². The summed E-state index contributed by atoms with van der Waals surface area (Å²) >= 11 is 0. The maximum atomic E-state index is 12.0. The second kappa shape index (κ2) is 4.81. The Morgan fingerprint density at radius 1 is 1.16 bits per heavy atom. The molecule has 3 N–H and O–H groups in total. The Morgan fingerprint density at radius 2 is 1.79 bits per heavy atom. The largest absolute Gasteiger partial charge is 0.288 e. The predicted molar refractivity (Wildman–Crippen MR) is 74.1 cm³/mol. The Balaban J connectivity index is 2.38. The second-order valence-electron chi connectivity index (χ2n) is 5.28. The van der Waals surface area contributed by atoms with Crippen LogP contribution in [0.3, 0.4) is 0 Å². The zero-order valence-electron chi connectivity index (χ0n) is 11.2. The maximum absolute atomic E-state index is 12.0. The number of hydrogen-bond acceptors (Lipinski definition) is 5. The molecule has 0 aliphatic heterocycles. The molecule has 2 aromatic rings. The van der Waals surface area contributed by atoms with Gasteiger partial charge in [-0.3, -0.25) is 9.78 Å². The lowest BCUT2D eigenvalue weighted by molar-refractivity contribution is 0.545. The van der Waals surface area contributed by atoms with Gasteiger partial charge in [0, 0.05) is 5.41 Å². The summed E-state index contributed by atoms with van der Waals surface area (Å²) in [5, 5.41) is 9.25. The fourth-order valence-electron chi connectivity index (χ4n) is 1.64. The maximum Gasteiger partial charge on any atom is 0.274 e. The quantitative estimate of drug-likeness (QED) is 0.630. The standard InChI is InChI=1S/C13H17N5O/c1-13(2,3)10-11(19)15-12(17-16-10)18(14)9-7-5-4-6-8-9/h4-8H,14H2,1-3H3,(H,15,17,19). The number of hydrazine groups is 1. The van der Waals surface area contributed by atoms with Gasteiger partial charge in [-0.1, -0.05) is 39.0 Å². The van der Waals surface area contributed by atoms with Gasteiger partial charge in [-0.2, -0.15) is 0 Å². The Labute approximate surface area is 111 Å². The smallest absolute Gasteiger partial charge is 0.274 e. The third-order valence-corrected chi connectivity index (χ3v) is 2.66. The highest BCUT2D eigenvalue weighted by Gasteiger charge is 2.21. The molecule has 0 atom stereocenters. The number of nitrogens with zero attached hydrogens (tertiary/aromatic N) is 3. The Hall–Kier alpha value is -2.21. The van der Waals surface area contributed by atoms with Crippen molar-refractivity contribution >= 4 is 11.6 Å². The molecule has 0 aliphatic rings. The number of nitrogens with one attached hydrogen (secondary N) is 1. The van der Waals surface area contributed by atoms with Gasteiger partial charge in [0.1, 0.15) is 5.69 Å². The van der Waals surface area contributed by atoms with Crippen LogP contribution in [-0.4, -0.2) is 15.2 Å². The molecule has 0 saturated heterocycles. The number of aromatic amines is 1. The van der Waals surface area contributed by atoms with Crippen molar-refractivity contribution in [1.29, 1.82) is 0 Å². The van der Waals surface area contributed by atoms with Crippen molar-refractivity contribution in [2.45, 2.75) is 26.2 Å². The van der Waals surface area contributed by atoms with Gasteiger partial charge in [-0.25, -0.2) is 10.9 Å². The van der Waals surface area contributed by atoms with E-state index in [2.05, 4.69) is 15.2 Å². The lowest BCUT2D eigenvalue weighted by Crippen LogP contribution is -2.33. The number of H-pyrrole nitrogens is 1. The Kier molecular flexibility index (Phi) is 3.35. The van der Waals surface area contributed by atoms with E-state index in [1.165, 1.54) is 5.01 Å². The molecule has 0 radical (unpaired) electrons. The first-order valence-electron chi connectivity index (χ1n) is 5.97. The van der Waals surface area contributed by atoms with Crippen molar-refractivity contribution < 1.29 is 0 Å². The van der Waals surface area contributed by atoms with E-state index in [-0.39, 0.29) is 16.9 Å². The zero-order valence-corrected chi connectivity index (χ0v) is 11.2. The highest BCUT2D eigenvalue weighted by atomic mass is 16.1. The first kappa shape index (κ1) is 13.2. The van der Waals surface area contributed by atoms with Gasteiger partial charge in [-0.15, -0.1) is 10.2 Å². The molecule has 0 aliphatic carbocycles. The van der Waals surface area contributed by atoms with E-state index in [1.807, 2.05) is 51.1 Å². The van der Waals surface area contributed by atoms with Crippen LogP contribution in [0.15, 0.2) is 35.1 Å². The van der Waals surface area contributed by atoms with Crippen LogP contribution in [0.25, 0.3) is 0 Å². The molecule has 1 aromatic carbocycles. The highest BCUT2D eigenvalue weighted by Crippen LogP contribution is 2.18. The average molecular weight is 259 g/mol. The molecule has 0 bridgehead atoms. The number of benzene rings is 1. The Bertz CT molecular complexity index is 615. The van der Waals surface area contributed by atoms with Crippen LogP contribution in [0.5, 0.6) is 0 Å². The minimum absolute atomic E-state index is 0.212. The number of anilines is 2. The number of aromatic nitrogens is 3. The molecule has 1 aromatic heterocycles. The first-order valence-corrected chi connectivity index (χ1v) is 5.97. The summed E-state index contributed by atoms with van der Waals surface area (Å²) in [6.45, 7) is 5.72. The van der Waals surface area contributed by atoms with Crippen molar-refractivity contribution in [3.63, 3.8) is 0 Å². The number of rotatable bonds is 2. The van der Waals surface area contributed by atoms with E-state index >= 15 is 0 Å². The van der Waals surface area contributed by atoms with Gasteiger partial charge in [0.05, 0.1) is 5.69 Å². The van der Waals surface area contributed by atoms with Gasteiger partial charge in [0.15, 0.2) is 0 Å². The van der Waals surface area contributed by atoms with E-state index in [1.54, 1.807) is 0 Å². The molecule has 2 rings (SSSR count). The molecule has 0 fully saturated rings. The van der Waals surface area contributed by atoms with E-state index in [0.29, 0.717) is 5.69 Å². The molecule has 19 heavy (non-hydrogen) atoms. The van der Waals surface area contributed by atoms with E-state index < -0.39 is 0 Å². The molecule has 6 heteroatoms. The number of para-hydroxylation sites is 1. The van der Waals surface area contributed by atoms with Crippen LogP contribution in [0, 0.1) is 0 Å². The summed E-state index contributed by atoms with van der Waals surface area (Å²) < 4.78 is 0. The molecule has 6 nitrogen and oxygen atoms in total. The Morgan fingerprint density at radius 3 is 2.32 bits per heavy atom. The molecular weight excluding hydrogens is 242 g/mol. The number of hydrogen-bond donors (Lipinski definition) is 2. The van der Waals surface area contributed by atoms with E-state index in [0.717, 1.165) is 5.69 Å². The SMILES string of the molecule is CC(C)(C)c1nnc(N(N)c2ccccc2)[nH]c1=O. The molecule has 0 unspecified atom stereocenters. The van der Waals surface area contributed by atoms with Crippen LogP contribution in [0.2, 0.25) is 0 Å². The third-order valence-electron chi connectivity index (χ3n) is 2.66. The lowest BCUT2D eigenvalue weighted by Gasteiger charge is -2.19. The summed E-state index contributed by atoms with van der Waals surface area (Å²) in [5.41, 5.74) is 0.475. The summed E-state index contributed by atoms with van der Waals surface area (Å²) in [5.74, 6) is 6.12. The lowest BCUT2D eigenvalue weighted by atomic mass is 9.93. The van der Waals surface area contributed by atoms with Crippen LogP contribution in [-0.2, 0) is 5.41 Å². The fourth-order valence-corrected chi connectivity index (χ4v) is 1.64.